The van der Waals surface area contributed by atoms with Gasteiger partial charge in [-0.05, 0) is 37.1 Å². The topological polar surface area (TPSA) is 9.86 Å². The van der Waals surface area contributed by atoms with Gasteiger partial charge in [0.05, 0.1) is 11.2 Å². The summed E-state index contributed by atoms with van der Waals surface area (Å²) in [6, 6.07) is 15.7. The molecule has 0 N–H and O–H groups in total. The molecule has 0 unspecified atom stereocenters. The molecule has 0 fully saturated rings. The molecular weight excluding hydrogens is 340 g/mol. The van der Waals surface area contributed by atoms with Crippen LogP contribution in [0.25, 0.3) is 33.1 Å². The molecule has 150 valence electrons. The molecule has 0 bridgehead atoms. The maximum atomic E-state index is 2.51. The smallest absolute Gasteiger partial charge is 0.0575 e. The first-order valence-electron chi connectivity index (χ1n) is 10.9. The summed E-state index contributed by atoms with van der Waals surface area (Å²) in [7, 11) is 0. The van der Waals surface area contributed by atoms with Crippen LogP contribution >= 0.6 is 0 Å². The highest BCUT2D eigenvalue weighted by atomic mass is 15.1. The van der Waals surface area contributed by atoms with Gasteiger partial charge < -0.3 is 9.13 Å². The zero-order chi connectivity index (χ0) is 20.8. The maximum absolute atomic E-state index is 2.51. The van der Waals surface area contributed by atoms with Crippen molar-refractivity contribution in [3.63, 3.8) is 0 Å². The van der Waals surface area contributed by atoms with Gasteiger partial charge in [-0.1, -0.05) is 71.9 Å². The molecule has 2 aromatic heterocycles. The molecule has 0 atom stereocenters. The van der Waals surface area contributed by atoms with E-state index in [0.29, 0.717) is 0 Å². The minimum absolute atomic E-state index is 1.03. The second-order valence-electron chi connectivity index (χ2n) is 6.40. The Bertz CT molecular complexity index is 1050. The second kappa shape index (κ2) is 9.64. The predicted molar refractivity (Wildman–Crippen MR) is 126 cm³/mol. The number of benzene rings is 2. The first kappa shape index (κ1) is 21.8. The number of fused-ring (bicyclic) bond motifs is 4. The number of para-hydroxylation sites is 1. The average Bonchev–Trinajstić information content (AvgIpc) is 3.23. The van der Waals surface area contributed by atoms with Crippen molar-refractivity contribution in [2.45, 2.75) is 68.5 Å². The molecule has 0 radical (unpaired) electrons. The van der Waals surface area contributed by atoms with Gasteiger partial charge in [0.1, 0.15) is 0 Å². The van der Waals surface area contributed by atoms with E-state index in [0.717, 1.165) is 13.1 Å². The molecular formula is C26H36N2. The van der Waals surface area contributed by atoms with Gasteiger partial charge >= 0.3 is 0 Å². The Kier molecular flexibility index (Phi) is 7.51. The number of nitrogens with zero attached hydrogens (tertiary/aromatic N) is 2. The van der Waals surface area contributed by atoms with E-state index in [2.05, 4.69) is 71.6 Å². The van der Waals surface area contributed by atoms with E-state index in [1.807, 2.05) is 41.5 Å². The Hall–Kier alpha value is -2.48. The van der Waals surface area contributed by atoms with Crippen molar-refractivity contribution in [2.24, 2.45) is 0 Å². The summed E-state index contributed by atoms with van der Waals surface area (Å²) in [4.78, 5) is 0. The molecule has 3 heterocycles. The van der Waals surface area contributed by atoms with Crippen LogP contribution in [-0.4, -0.2) is 9.13 Å². The standard InChI is InChI=1S/C20H18N2.3C2H6/c1-13-6-7-16-14(2)19-17-5-3-4-15-8-9-21(20(15)17)10-11-22(19)18(16)12-13;3*1-2/h3-9,12H,10-11H2,1-2H3;3*1-2H3. The molecule has 0 aliphatic carbocycles. The van der Waals surface area contributed by atoms with Crippen molar-refractivity contribution in [3.05, 3.63) is 59.8 Å². The fourth-order valence-electron chi connectivity index (χ4n) is 4.06. The largest absolute Gasteiger partial charge is 0.345 e. The van der Waals surface area contributed by atoms with E-state index in [1.54, 1.807) is 0 Å². The lowest BCUT2D eigenvalue weighted by atomic mass is 10.0. The van der Waals surface area contributed by atoms with E-state index >= 15 is 0 Å². The van der Waals surface area contributed by atoms with Gasteiger partial charge in [-0.15, -0.1) is 0 Å². The van der Waals surface area contributed by atoms with Gasteiger partial charge in [0, 0.05) is 41.1 Å². The average molecular weight is 377 g/mol. The molecule has 5 rings (SSSR count). The second-order valence-corrected chi connectivity index (χ2v) is 6.40. The number of rotatable bonds is 0. The fourth-order valence-corrected chi connectivity index (χ4v) is 4.06. The first-order valence-corrected chi connectivity index (χ1v) is 10.9. The molecule has 0 spiro atoms. The van der Waals surface area contributed by atoms with Crippen molar-refractivity contribution in [2.75, 3.05) is 0 Å². The lowest BCUT2D eigenvalue weighted by Crippen LogP contribution is -2.04. The molecule has 2 heteroatoms. The van der Waals surface area contributed by atoms with Crippen LogP contribution < -0.4 is 0 Å². The SMILES string of the molecule is CC.CC.CC.Cc1ccc2c(C)c3n(c2c1)CCn1ccc2cccc-3c21. The predicted octanol–water partition coefficient (Wildman–Crippen LogP) is 7.97. The highest BCUT2D eigenvalue weighted by Crippen LogP contribution is 2.39. The highest BCUT2D eigenvalue weighted by Gasteiger charge is 2.21. The Balaban J connectivity index is 0.000000430. The molecule has 0 saturated heterocycles. The number of aromatic nitrogens is 2. The monoisotopic (exact) mass is 376 g/mol. The molecule has 4 aromatic rings. The van der Waals surface area contributed by atoms with E-state index in [-0.39, 0.29) is 0 Å². The van der Waals surface area contributed by atoms with E-state index < -0.39 is 0 Å². The summed E-state index contributed by atoms with van der Waals surface area (Å²) in [6.45, 7) is 18.5. The van der Waals surface area contributed by atoms with Gasteiger partial charge in [0.15, 0.2) is 0 Å². The molecule has 0 saturated carbocycles. The van der Waals surface area contributed by atoms with Crippen LogP contribution in [0.15, 0.2) is 48.7 Å². The number of hydrogen-bond acceptors (Lipinski definition) is 0. The maximum Gasteiger partial charge on any atom is 0.0575 e. The van der Waals surface area contributed by atoms with Crippen LogP contribution in [0, 0.1) is 13.8 Å². The minimum Gasteiger partial charge on any atom is -0.345 e. The molecule has 2 aromatic carbocycles. The molecule has 1 aliphatic rings. The summed E-state index contributed by atoms with van der Waals surface area (Å²) in [5.74, 6) is 0. The van der Waals surface area contributed by atoms with Crippen LogP contribution in [0.2, 0.25) is 0 Å². The van der Waals surface area contributed by atoms with E-state index in [9.17, 15) is 0 Å². The van der Waals surface area contributed by atoms with Crippen molar-refractivity contribution in [1.82, 2.24) is 9.13 Å². The summed E-state index contributed by atoms with van der Waals surface area (Å²) >= 11 is 0. The summed E-state index contributed by atoms with van der Waals surface area (Å²) < 4.78 is 4.91. The zero-order valence-electron chi connectivity index (χ0n) is 18.9. The van der Waals surface area contributed by atoms with Crippen LogP contribution in [0.3, 0.4) is 0 Å². The molecule has 0 amide bonds. The third-order valence-electron chi connectivity index (χ3n) is 5.08. The fraction of sp³-hybridized carbons (Fsp3) is 0.385. The van der Waals surface area contributed by atoms with Gasteiger partial charge in [-0.2, -0.15) is 0 Å². The number of hydrogen-bond donors (Lipinski definition) is 0. The lowest BCUT2D eigenvalue weighted by Gasteiger charge is -2.08. The Morgan fingerprint density at radius 3 is 2.21 bits per heavy atom. The van der Waals surface area contributed by atoms with E-state index in [4.69, 9.17) is 0 Å². The minimum atomic E-state index is 1.03. The first-order chi connectivity index (χ1) is 13.7. The van der Waals surface area contributed by atoms with Crippen molar-refractivity contribution >= 4 is 21.8 Å². The third kappa shape index (κ3) is 3.48. The highest BCUT2D eigenvalue weighted by molar-refractivity contribution is 6.00. The number of aryl methyl sites for hydroxylation is 4. The Labute approximate surface area is 170 Å². The van der Waals surface area contributed by atoms with Gasteiger partial charge in [0.2, 0.25) is 0 Å². The lowest BCUT2D eigenvalue weighted by molar-refractivity contribution is 0.618. The molecule has 28 heavy (non-hydrogen) atoms. The van der Waals surface area contributed by atoms with Crippen LogP contribution in [-0.2, 0) is 13.1 Å². The third-order valence-corrected chi connectivity index (χ3v) is 5.08. The Morgan fingerprint density at radius 1 is 0.786 bits per heavy atom. The summed E-state index contributed by atoms with van der Waals surface area (Å²) in [5, 5.41) is 2.73. The summed E-state index contributed by atoms with van der Waals surface area (Å²) in [5.41, 5.74) is 8.24. The van der Waals surface area contributed by atoms with Crippen molar-refractivity contribution in [3.8, 4) is 11.3 Å². The quantitative estimate of drug-likeness (QED) is 0.294. The van der Waals surface area contributed by atoms with Gasteiger partial charge in [-0.25, -0.2) is 0 Å². The van der Waals surface area contributed by atoms with Crippen LogP contribution in [0.1, 0.15) is 52.7 Å². The normalized spacial score (nSPS) is 11.3. The zero-order valence-corrected chi connectivity index (χ0v) is 18.9. The van der Waals surface area contributed by atoms with Gasteiger partial charge in [0.25, 0.3) is 0 Å². The van der Waals surface area contributed by atoms with Crippen LogP contribution in [0.4, 0.5) is 0 Å². The van der Waals surface area contributed by atoms with Crippen molar-refractivity contribution < 1.29 is 0 Å². The Morgan fingerprint density at radius 2 is 1.50 bits per heavy atom. The van der Waals surface area contributed by atoms with Gasteiger partial charge in [-0.3, -0.25) is 0 Å². The van der Waals surface area contributed by atoms with E-state index in [1.165, 1.54) is 44.2 Å². The molecule has 1 aliphatic heterocycles. The summed E-state index contributed by atoms with van der Waals surface area (Å²) in [6.07, 6.45) is 2.23. The van der Waals surface area contributed by atoms with Crippen molar-refractivity contribution in [1.29, 1.82) is 0 Å². The molecule has 2 nitrogen and oxygen atoms in total. The van der Waals surface area contributed by atoms with Crippen LogP contribution in [0.5, 0.6) is 0 Å².